The van der Waals surface area contributed by atoms with Gasteiger partial charge < -0.3 is 5.73 Å². The minimum absolute atomic E-state index is 0.0594. The molecule has 2 N–H and O–H groups in total. The number of rotatable bonds is 4. The highest BCUT2D eigenvalue weighted by molar-refractivity contribution is 5.20. The first-order valence-electron chi connectivity index (χ1n) is 4.98. The number of aryl methyl sites for hydroxylation is 1. The number of hydrogen-bond donors (Lipinski definition) is 1. The van der Waals surface area contributed by atoms with E-state index in [-0.39, 0.29) is 6.04 Å². The smallest absolute Gasteiger partial charge is 0.0375 e. The van der Waals surface area contributed by atoms with Gasteiger partial charge in [-0.25, -0.2) is 0 Å². The molecule has 0 aliphatic carbocycles. The number of pyridine rings is 1. The molecule has 2 heteroatoms. The second-order valence-electron chi connectivity index (χ2n) is 3.64. The number of aromatic nitrogens is 1. The van der Waals surface area contributed by atoms with Gasteiger partial charge in [-0.2, -0.15) is 0 Å². The second kappa shape index (κ2) is 4.91. The topological polar surface area (TPSA) is 38.9 Å². The van der Waals surface area contributed by atoms with Crippen molar-refractivity contribution in [2.24, 2.45) is 5.73 Å². The first-order chi connectivity index (χ1) is 6.63. The van der Waals surface area contributed by atoms with E-state index in [4.69, 9.17) is 5.73 Å². The molecule has 14 heavy (non-hydrogen) atoms. The Hall–Kier alpha value is -1.15. The lowest BCUT2D eigenvalue weighted by Gasteiger charge is -2.13. The molecule has 0 radical (unpaired) electrons. The first-order valence-corrected chi connectivity index (χ1v) is 4.98. The average molecular weight is 190 g/mol. The number of nitrogens with two attached hydrogens (primary N) is 1. The van der Waals surface area contributed by atoms with Crippen LogP contribution in [0.5, 0.6) is 0 Å². The fourth-order valence-electron chi connectivity index (χ4n) is 1.37. The molecule has 1 aromatic rings. The van der Waals surface area contributed by atoms with Crippen LogP contribution in [0.3, 0.4) is 0 Å². The van der Waals surface area contributed by atoms with E-state index in [0.717, 1.165) is 24.1 Å². The molecule has 1 aromatic heterocycles. The summed E-state index contributed by atoms with van der Waals surface area (Å²) in [6.45, 7) is 8.05. The van der Waals surface area contributed by atoms with Gasteiger partial charge in [0, 0.05) is 17.9 Å². The summed E-state index contributed by atoms with van der Waals surface area (Å²) >= 11 is 0. The van der Waals surface area contributed by atoms with E-state index in [1.54, 1.807) is 6.20 Å². The molecule has 1 heterocycles. The summed E-state index contributed by atoms with van der Waals surface area (Å²) in [7, 11) is 0. The van der Waals surface area contributed by atoms with Crippen molar-refractivity contribution >= 4 is 0 Å². The van der Waals surface area contributed by atoms with Crippen LogP contribution in [0.2, 0.25) is 0 Å². The van der Waals surface area contributed by atoms with Crippen molar-refractivity contribution in [3.8, 4) is 0 Å². The zero-order chi connectivity index (χ0) is 10.6. The molecule has 0 amide bonds. The molecule has 0 bridgehead atoms. The molecule has 1 rings (SSSR count). The molecular formula is C12H18N2. The third kappa shape index (κ3) is 2.96. The molecule has 0 fully saturated rings. The summed E-state index contributed by atoms with van der Waals surface area (Å²) in [4.78, 5) is 4.14. The summed E-state index contributed by atoms with van der Waals surface area (Å²) in [6.07, 6.45) is 3.66. The quantitative estimate of drug-likeness (QED) is 0.741. The van der Waals surface area contributed by atoms with E-state index in [1.165, 1.54) is 5.57 Å². The minimum Gasteiger partial charge on any atom is -0.324 e. The highest BCUT2D eigenvalue weighted by atomic mass is 14.7. The molecule has 0 saturated heterocycles. The first kappa shape index (κ1) is 10.9. The highest BCUT2D eigenvalue weighted by Crippen LogP contribution is 2.19. The lowest BCUT2D eigenvalue weighted by atomic mass is 10.00. The van der Waals surface area contributed by atoms with Crippen LogP contribution < -0.4 is 5.73 Å². The van der Waals surface area contributed by atoms with Crippen molar-refractivity contribution < 1.29 is 0 Å². The Balaban J connectivity index is 2.69. The van der Waals surface area contributed by atoms with Crippen molar-refractivity contribution in [2.75, 3.05) is 0 Å². The predicted molar refractivity (Wildman–Crippen MR) is 60.0 cm³/mol. The fourth-order valence-corrected chi connectivity index (χ4v) is 1.37. The Morgan fingerprint density at radius 1 is 1.64 bits per heavy atom. The molecule has 1 unspecified atom stereocenters. The van der Waals surface area contributed by atoms with E-state index in [2.05, 4.69) is 18.5 Å². The Morgan fingerprint density at radius 3 is 2.93 bits per heavy atom. The van der Waals surface area contributed by atoms with Crippen LogP contribution >= 0.6 is 0 Å². The van der Waals surface area contributed by atoms with Gasteiger partial charge in [-0.3, -0.25) is 4.98 Å². The Morgan fingerprint density at radius 2 is 2.36 bits per heavy atom. The van der Waals surface area contributed by atoms with E-state index >= 15 is 0 Å². The van der Waals surface area contributed by atoms with Crippen molar-refractivity contribution in [1.29, 1.82) is 0 Å². The fraction of sp³-hybridized carbons (Fsp3) is 0.417. The van der Waals surface area contributed by atoms with Crippen molar-refractivity contribution in [1.82, 2.24) is 4.98 Å². The zero-order valence-corrected chi connectivity index (χ0v) is 8.96. The van der Waals surface area contributed by atoms with Gasteiger partial charge in [-0.05, 0) is 37.5 Å². The Labute approximate surface area is 85.9 Å². The van der Waals surface area contributed by atoms with Gasteiger partial charge in [-0.15, -0.1) is 0 Å². The van der Waals surface area contributed by atoms with Crippen LogP contribution in [0.1, 0.15) is 37.1 Å². The standard InChI is InChI=1S/C12H18N2/c1-4-9(2)7-12(13)11-5-6-14-10(3)8-11/h5-6,8,12H,2,4,7,13H2,1,3H3. The Bertz CT molecular complexity index is 318. The van der Waals surface area contributed by atoms with Gasteiger partial charge in [0.15, 0.2) is 0 Å². The molecule has 0 aromatic carbocycles. The summed E-state index contributed by atoms with van der Waals surface area (Å²) in [5.41, 5.74) is 9.41. The SMILES string of the molecule is C=C(CC)CC(N)c1ccnc(C)c1. The van der Waals surface area contributed by atoms with Crippen LogP contribution in [0.15, 0.2) is 30.5 Å². The van der Waals surface area contributed by atoms with Crippen LogP contribution in [0.4, 0.5) is 0 Å². The molecule has 0 aliphatic rings. The van der Waals surface area contributed by atoms with Crippen molar-refractivity contribution in [3.05, 3.63) is 41.7 Å². The van der Waals surface area contributed by atoms with Crippen LogP contribution in [-0.2, 0) is 0 Å². The molecule has 0 spiro atoms. The number of nitrogens with zero attached hydrogens (tertiary/aromatic N) is 1. The van der Waals surface area contributed by atoms with Gasteiger partial charge in [0.05, 0.1) is 0 Å². The maximum atomic E-state index is 6.05. The highest BCUT2D eigenvalue weighted by Gasteiger charge is 2.06. The van der Waals surface area contributed by atoms with Crippen molar-refractivity contribution in [2.45, 2.75) is 32.7 Å². The number of hydrogen-bond acceptors (Lipinski definition) is 2. The summed E-state index contributed by atoms with van der Waals surface area (Å²) in [5.74, 6) is 0. The largest absolute Gasteiger partial charge is 0.324 e. The van der Waals surface area contributed by atoms with Crippen LogP contribution in [0.25, 0.3) is 0 Å². The maximum absolute atomic E-state index is 6.05. The Kier molecular flexibility index (Phi) is 3.84. The third-order valence-electron chi connectivity index (χ3n) is 2.36. The summed E-state index contributed by atoms with van der Waals surface area (Å²) in [5, 5.41) is 0. The van der Waals surface area contributed by atoms with E-state index in [1.807, 2.05) is 19.1 Å². The summed E-state index contributed by atoms with van der Waals surface area (Å²) in [6, 6.07) is 4.07. The zero-order valence-electron chi connectivity index (χ0n) is 8.96. The van der Waals surface area contributed by atoms with Gasteiger partial charge >= 0.3 is 0 Å². The van der Waals surface area contributed by atoms with Crippen LogP contribution in [0, 0.1) is 6.92 Å². The van der Waals surface area contributed by atoms with E-state index in [0.29, 0.717) is 0 Å². The minimum atomic E-state index is 0.0594. The van der Waals surface area contributed by atoms with Crippen molar-refractivity contribution in [3.63, 3.8) is 0 Å². The third-order valence-corrected chi connectivity index (χ3v) is 2.36. The second-order valence-corrected chi connectivity index (χ2v) is 3.64. The predicted octanol–water partition coefficient (Wildman–Crippen LogP) is 2.75. The summed E-state index contributed by atoms with van der Waals surface area (Å²) < 4.78 is 0. The molecule has 2 nitrogen and oxygen atoms in total. The van der Waals surface area contributed by atoms with Gasteiger partial charge in [0.25, 0.3) is 0 Å². The van der Waals surface area contributed by atoms with Crippen LogP contribution in [-0.4, -0.2) is 4.98 Å². The lowest BCUT2D eigenvalue weighted by Crippen LogP contribution is -2.11. The lowest BCUT2D eigenvalue weighted by molar-refractivity contribution is 0.699. The monoisotopic (exact) mass is 190 g/mol. The van der Waals surface area contributed by atoms with E-state index in [9.17, 15) is 0 Å². The molecule has 1 atom stereocenters. The van der Waals surface area contributed by atoms with E-state index < -0.39 is 0 Å². The maximum Gasteiger partial charge on any atom is 0.0375 e. The van der Waals surface area contributed by atoms with Gasteiger partial charge in [-0.1, -0.05) is 19.1 Å². The molecule has 0 saturated carbocycles. The molecule has 0 aliphatic heterocycles. The normalized spacial score (nSPS) is 12.5. The van der Waals surface area contributed by atoms with Gasteiger partial charge in [0.1, 0.15) is 0 Å². The van der Waals surface area contributed by atoms with Gasteiger partial charge in [0.2, 0.25) is 0 Å². The average Bonchev–Trinajstić information content (AvgIpc) is 2.17. The molecule has 76 valence electrons. The molecular weight excluding hydrogens is 172 g/mol.